The number of nitrogens with zero attached hydrogens (tertiary/aromatic N) is 4. The first-order valence-corrected chi connectivity index (χ1v) is 24.4. The monoisotopic (exact) mass is 930 g/mol. The minimum absolute atomic E-state index is 0.0569. The number of alkyl carbamates (subject to hydrolysis) is 2. The number of fused-ring (bicyclic) bond motifs is 7. The van der Waals surface area contributed by atoms with Gasteiger partial charge in [-0.25, -0.2) is 19.6 Å². The van der Waals surface area contributed by atoms with Crippen molar-refractivity contribution < 1.29 is 33.1 Å². The summed E-state index contributed by atoms with van der Waals surface area (Å²) >= 11 is 0. The van der Waals surface area contributed by atoms with Crippen molar-refractivity contribution in [3.8, 4) is 44.8 Å². The summed E-state index contributed by atoms with van der Waals surface area (Å²) in [6.07, 6.45) is 7.56. The van der Waals surface area contributed by atoms with Crippen LogP contribution in [-0.4, -0.2) is 92.1 Å². The average molecular weight is 931 g/mol. The summed E-state index contributed by atoms with van der Waals surface area (Å²) in [4.78, 5) is 73.2. The van der Waals surface area contributed by atoms with Crippen molar-refractivity contribution in [3.05, 3.63) is 96.8 Å². The number of nitrogens with one attached hydrogen (secondary N) is 4. The molecule has 2 saturated heterocycles. The number of carbonyl (C=O) groups is 4. The van der Waals surface area contributed by atoms with Gasteiger partial charge in [-0.3, -0.25) is 9.59 Å². The van der Waals surface area contributed by atoms with Crippen LogP contribution in [0.5, 0.6) is 0 Å². The molecular formula is C54H58N8O7. The second-order valence-corrected chi connectivity index (χ2v) is 19.7. The quantitative estimate of drug-likeness (QED) is 0.0823. The number of ether oxygens (including phenoxy) is 2. The first kappa shape index (κ1) is 44.4. The lowest BCUT2D eigenvalue weighted by molar-refractivity contribution is -0.137. The molecule has 11 rings (SSSR count). The van der Waals surface area contributed by atoms with Crippen LogP contribution in [0, 0.1) is 23.7 Å². The molecule has 4 aliphatic rings. The van der Waals surface area contributed by atoms with Gasteiger partial charge in [0.2, 0.25) is 11.8 Å². The lowest BCUT2D eigenvalue weighted by Crippen LogP contribution is -2.52. The van der Waals surface area contributed by atoms with Crippen molar-refractivity contribution in [1.29, 1.82) is 0 Å². The molecule has 6 heterocycles. The Morgan fingerprint density at radius 1 is 0.609 bits per heavy atom. The van der Waals surface area contributed by atoms with Crippen LogP contribution >= 0.6 is 0 Å². The highest BCUT2D eigenvalue weighted by Gasteiger charge is 2.57. The molecule has 356 valence electrons. The molecule has 15 nitrogen and oxygen atoms in total. The molecule has 69 heavy (non-hydrogen) atoms. The van der Waals surface area contributed by atoms with Crippen molar-refractivity contribution in [1.82, 2.24) is 40.4 Å². The molecular weight excluding hydrogens is 873 g/mol. The number of benzene rings is 4. The van der Waals surface area contributed by atoms with Crippen LogP contribution in [-0.2, 0) is 19.1 Å². The van der Waals surface area contributed by atoms with Gasteiger partial charge in [0.05, 0.1) is 50.1 Å². The summed E-state index contributed by atoms with van der Waals surface area (Å²) in [7, 11) is 2.63. The molecule has 4 amide bonds. The zero-order valence-corrected chi connectivity index (χ0v) is 39.7. The minimum atomic E-state index is -0.674. The fourth-order valence-corrected chi connectivity index (χ4v) is 11.3. The summed E-state index contributed by atoms with van der Waals surface area (Å²) in [5.74, 6) is 2.09. The van der Waals surface area contributed by atoms with Gasteiger partial charge in [-0.05, 0) is 94.9 Å². The Bertz CT molecular complexity index is 2860. The summed E-state index contributed by atoms with van der Waals surface area (Å²) < 4.78 is 16.1. The van der Waals surface area contributed by atoms with Crippen molar-refractivity contribution in [2.75, 3.05) is 14.2 Å². The number of H-pyrrole nitrogens is 2. The molecule has 4 fully saturated rings. The maximum absolute atomic E-state index is 14.1. The number of furan rings is 2. The van der Waals surface area contributed by atoms with Crippen LogP contribution < -0.4 is 10.6 Å². The molecule has 10 atom stereocenters. The van der Waals surface area contributed by atoms with Crippen LogP contribution in [0.25, 0.3) is 66.7 Å². The molecule has 2 aliphatic heterocycles. The van der Waals surface area contributed by atoms with E-state index in [0.29, 0.717) is 11.8 Å². The zero-order valence-electron chi connectivity index (χ0n) is 39.7. The topological polar surface area (TPSA) is 188 Å². The smallest absolute Gasteiger partial charge is 0.407 e. The third-order valence-electron chi connectivity index (χ3n) is 15.7. The number of carbonyl (C=O) groups excluding carboxylic acids is 4. The van der Waals surface area contributed by atoms with E-state index in [1.165, 1.54) is 14.2 Å². The molecule has 7 aromatic rings. The molecule has 6 unspecified atom stereocenters. The average Bonchev–Trinajstić information content (AvgIpc) is 3.82. The molecule has 2 aliphatic carbocycles. The molecule has 15 heteroatoms. The number of likely N-dealkylation sites (tertiary alicyclic amines) is 2. The van der Waals surface area contributed by atoms with Crippen LogP contribution in [0.15, 0.2) is 89.6 Å². The number of aromatic nitrogens is 4. The lowest BCUT2D eigenvalue weighted by atomic mass is 9.91. The Morgan fingerprint density at radius 2 is 1.00 bits per heavy atom. The largest absolute Gasteiger partial charge is 0.456 e. The minimum Gasteiger partial charge on any atom is -0.456 e. The van der Waals surface area contributed by atoms with E-state index in [4.69, 9.17) is 23.9 Å². The van der Waals surface area contributed by atoms with Crippen LogP contribution in [0.3, 0.4) is 0 Å². The number of amides is 4. The number of aromatic amines is 2. The van der Waals surface area contributed by atoms with Gasteiger partial charge in [0, 0.05) is 22.9 Å². The first-order chi connectivity index (χ1) is 33.5. The number of piperidine rings is 2. The highest BCUT2D eigenvalue weighted by Crippen LogP contribution is 2.55. The van der Waals surface area contributed by atoms with E-state index in [9.17, 15) is 19.2 Å². The van der Waals surface area contributed by atoms with Crippen LogP contribution in [0.4, 0.5) is 9.59 Å². The summed E-state index contributed by atoms with van der Waals surface area (Å²) in [5.41, 5.74) is 9.63. The van der Waals surface area contributed by atoms with Crippen molar-refractivity contribution in [2.45, 2.75) is 102 Å². The number of hydrogen-bond donors (Lipinski definition) is 4. The number of methoxy groups -OCH3 is 2. The lowest BCUT2D eigenvalue weighted by Gasteiger charge is -2.32. The molecule has 2 saturated carbocycles. The highest BCUT2D eigenvalue weighted by molar-refractivity contribution is 6.19. The standard InChI is InChI=1S/C54H58N8O7/c1-7-27(3)47(59-53(65)67-5)51(63)61-39-21-33(39)23-41(61)49-55-25-37(57-49)31-13-9-29(10-14-31)35-17-18-36(46-44-20-19-43(69-44)45(35)46)30-11-15-32(16-12-30)38-26-56-50(58-38)42-24-34-22-40(34)62(42)52(64)48(28(4)8-2)60-54(66)68-6/h9-20,25-28,33-34,39-42,47-48H,7-8,21-24H2,1-6H3,(H,55,57)(H,56,58)(H,59,65)(H,60,66)/t27?,28?,33?,34?,39?,40?,41-,42-,47-,48-/m0/s1. The van der Waals surface area contributed by atoms with E-state index >= 15 is 0 Å². The Morgan fingerprint density at radius 3 is 1.38 bits per heavy atom. The Balaban J connectivity index is 0.810. The van der Waals surface area contributed by atoms with Gasteiger partial charge >= 0.3 is 12.2 Å². The molecule has 0 radical (unpaired) electrons. The number of imidazole rings is 2. The van der Waals surface area contributed by atoms with Crippen LogP contribution in [0.1, 0.15) is 90.0 Å². The maximum Gasteiger partial charge on any atom is 0.407 e. The Kier molecular flexibility index (Phi) is 11.2. The summed E-state index contributed by atoms with van der Waals surface area (Å²) in [6.45, 7) is 7.99. The van der Waals surface area contributed by atoms with E-state index in [1.807, 2.05) is 62.0 Å². The van der Waals surface area contributed by atoms with E-state index < -0.39 is 24.3 Å². The number of hydrogen-bond acceptors (Lipinski definition) is 9. The summed E-state index contributed by atoms with van der Waals surface area (Å²) in [5, 5.41) is 7.74. The van der Waals surface area contributed by atoms with Gasteiger partial charge in [-0.15, -0.1) is 0 Å². The molecule has 2 bridgehead atoms. The molecule has 4 aromatic heterocycles. The Labute approximate surface area is 400 Å². The number of rotatable bonds is 14. The van der Waals surface area contributed by atoms with Gasteiger partial charge < -0.3 is 44.3 Å². The van der Waals surface area contributed by atoms with Gasteiger partial charge in [-0.1, -0.05) is 101 Å². The second kappa shape index (κ2) is 17.4. The first-order valence-electron chi connectivity index (χ1n) is 24.4. The Hall–Kier alpha value is -7.16. The molecule has 0 spiro atoms. The van der Waals surface area contributed by atoms with Crippen molar-refractivity contribution >= 4 is 45.9 Å². The van der Waals surface area contributed by atoms with Crippen molar-refractivity contribution in [3.63, 3.8) is 0 Å². The third-order valence-corrected chi connectivity index (χ3v) is 15.7. The summed E-state index contributed by atoms with van der Waals surface area (Å²) in [6, 6.07) is 23.9. The maximum atomic E-state index is 14.1. The van der Waals surface area contributed by atoms with E-state index in [2.05, 4.69) is 81.3 Å². The fourth-order valence-electron chi connectivity index (χ4n) is 11.3. The van der Waals surface area contributed by atoms with Gasteiger partial charge in [-0.2, -0.15) is 0 Å². The molecule has 3 aromatic carbocycles. The van der Waals surface area contributed by atoms with Gasteiger partial charge in [0.15, 0.2) is 0 Å². The third kappa shape index (κ3) is 7.75. The SMILES string of the molecule is CCC(C)[C@H](NC(=O)OC)C(=O)N1C2CC2C[C@H]1c1ncc(-c2ccc(-c3ccc(-c4ccc(-c5cnc([C@@H]6CC7CC7N6C(=O)[C@@H](NC(=O)OC)C(C)CC)[nH]5)cc4)c4c5ccc(o5)c34)cc2)[nH]1. The van der Waals surface area contributed by atoms with Gasteiger partial charge in [0.1, 0.15) is 34.9 Å². The highest BCUT2D eigenvalue weighted by atomic mass is 16.5. The zero-order chi connectivity index (χ0) is 47.8. The van der Waals surface area contributed by atoms with Gasteiger partial charge in [0.25, 0.3) is 0 Å². The normalized spacial score (nSPS) is 23.0. The second-order valence-electron chi connectivity index (χ2n) is 19.7. The van der Waals surface area contributed by atoms with E-state index in [0.717, 1.165) is 117 Å². The van der Waals surface area contributed by atoms with E-state index in [-0.39, 0.29) is 47.8 Å². The molecule has 4 N–H and O–H groups in total. The van der Waals surface area contributed by atoms with Crippen molar-refractivity contribution in [2.24, 2.45) is 23.7 Å². The predicted molar refractivity (Wildman–Crippen MR) is 261 cm³/mol. The van der Waals surface area contributed by atoms with Crippen LogP contribution in [0.2, 0.25) is 0 Å². The van der Waals surface area contributed by atoms with E-state index in [1.54, 1.807) is 0 Å². The predicted octanol–water partition coefficient (Wildman–Crippen LogP) is 10.0. The fraction of sp³-hybridized carbons (Fsp3) is 0.407.